The van der Waals surface area contributed by atoms with E-state index in [0.29, 0.717) is 0 Å². The molecule has 0 fully saturated rings. The monoisotopic (exact) mass is 362 g/mol. The smallest absolute Gasteiger partial charge is 0.547 e. The zero-order valence-corrected chi connectivity index (χ0v) is 8.25. The van der Waals surface area contributed by atoms with Gasteiger partial charge in [-0.1, -0.05) is 0 Å². The van der Waals surface area contributed by atoms with E-state index in [1.54, 1.807) is 0 Å². The Labute approximate surface area is 98.6 Å². The number of carboxylic acid groups (broad SMARTS) is 2. The molecule has 0 spiro atoms. The quantitative estimate of drug-likeness (QED) is 0.485. The molecular formula is C4H4Ag2O6. The van der Waals surface area contributed by atoms with Gasteiger partial charge in [-0.15, -0.1) is 0 Å². The van der Waals surface area contributed by atoms with Crippen LogP contribution >= 0.6 is 0 Å². The summed E-state index contributed by atoms with van der Waals surface area (Å²) in [7, 11) is 0. The average molecular weight is 364 g/mol. The molecule has 2 atom stereocenters. The van der Waals surface area contributed by atoms with Gasteiger partial charge >= 0.3 is 44.8 Å². The van der Waals surface area contributed by atoms with Crippen molar-refractivity contribution in [2.75, 3.05) is 0 Å². The fraction of sp³-hybridized carbons (Fsp3) is 0.500. The van der Waals surface area contributed by atoms with Gasteiger partial charge in [0, 0.05) is 0 Å². The van der Waals surface area contributed by atoms with Crippen molar-refractivity contribution in [1.82, 2.24) is 0 Å². The number of hydrogen-bond acceptors (Lipinski definition) is 6. The van der Waals surface area contributed by atoms with Crippen LogP contribution in [0.25, 0.3) is 0 Å². The molecule has 8 heteroatoms. The summed E-state index contributed by atoms with van der Waals surface area (Å²) in [5.41, 5.74) is 0. The third kappa shape index (κ3) is 5.92. The molecule has 0 aromatic carbocycles. The second-order valence-electron chi connectivity index (χ2n) is 1.53. The largest absolute Gasteiger partial charge is 1.00 e. The average Bonchev–Trinajstić information content (AvgIpc) is 1.84. The molecule has 0 amide bonds. The zero-order chi connectivity index (χ0) is 8.31. The summed E-state index contributed by atoms with van der Waals surface area (Å²) in [6.45, 7) is 0. The molecule has 0 radical (unpaired) electrons. The molecule has 0 aliphatic heterocycles. The second kappa shape index (κ2) is 7.96. The van der Waals surface area contributed by atoms with Gasteiger partial charge in [0.1, 0.15) is 12.2 Å². The van der Waals surface area contributed by atoms with Crippen LogP contribution in [-0.2, 0) is 54.3 Å². The van der Waals surface area contributed by atoms with Crippen molar-refractivity contribution in [3.63, 3.8) is 0 Å². The van der Waals surface area contributed by atoms with Crippen LogP contribution in [0.15, 0.2) is 0 Å². The predicted octanol–water partition coefficient (Wildman–Crippen LogP) is -4.80. The Hall–Kier alpha value is 0.341. The standard InChI is InChI=1S/C4H6O6.2Ag/c5-1(3(7)8)2(6)4(9)10;;/h1-2,5-6H,(H,7,8)(H,9,10);;/q;2*+1/p-2/t1-,2-;;/m0../s1. The van der Waals surface area contributed by atoms with Crippen molar-refractivity contribution >= 4 is 11.9 Å². The summed E-state index contributed by atoms with van der Waals surface area (Å²) in [4.78, 5) is 19.3. The summed E-state index contributed by atoms with van der Waals surface area (Å²) >= 11 is 0. The van der Waals surface area contributed by atoms with Crippen LogP contribution < -0.4 is 10.2 Å². The molecule has 0 saturated heterocycles. The molecule has 0 aromatic heterocycles. The predicted molar refractivity (Wildman–Crippen MR) is 22.0 cm³/mol. The number of aliphatic carboxylic acids is 2. The van der Waals surface area contributed by atoms with E-state index >= 15 is 0 Å². The maximum atomic E-state index is 9.63. The van der Waals surface area contributed by atoms with Crippen LogP contribution in [0.4, 0.5) is 0 Å². The van der Waals surface area contributed by atoms with E-state index in [0.717, 1.165) is 0 Å². The van der Waals surface area contributed by atoms with Gasteiger partial charge in [0.05, 0.1) is 11.9 Å². The SMILES string of the molecule is O=C([O-])[C@@H](O)[C@H](O)C(=O)[O-].[Ag+].[Ag+]. The third-order valence-corrected chi connectivity index (χ3v) is 0.782. The van der Waals surface area contributed by atoms with Crippen molar-refractivity contribution in [3.05, 3.63) is 0 Å². The number of hydrogen-bond donors (Lipinski definition) is 2. The minimum Gasteiger partial charge on any atom is -0.547 e. The van der Waals surface area contributed by atoms with Gasteiger partial charge in [-0.2, -0.15) is 0 Å². The van der Waals surface area contributed by atoms with E-state index in [-0.39, 0.29) is 44.8 Å². The van der Waals surface area contributed by atoms with Crippen molar-refractivity contribution in [2.45, 2.75) is 12.2 Å². The number of carbonyl (C=O) groups is 2. The van der Waals surface area contributed by atoms with E-state index in [9.17, 15) is 19.8 Å². The van der Waals surface area contributed by atoms with Gasteiger partial charge in [0.25, 0.3) is 0 Å². The second-order valence-corrected chi connectivity index (χ2v) is 1.53. The van der Waals surface area contributed by atoms with Crippen LogP contribution in [-0.4, -0.2) is 34.4 Å². The van der Waals surface area contributed by atoms with Crippen LogP contribution in [0.1, 0.15) is 0 Å². The molecule has 2 N–H and O–H groups in total. The topological polar surface area (TPSA) is 121 Å². The maximum absolute atomic E-state index is 9.63. The molecule has 0 saturated carbocycles. The van der Waals surface area contributed by atoms with Gasteiger partial charge < -0.3 is 30.0 Å². The molecule has 0 aromatic rings. The summed E-state index contributed by atoms with van der Waals surface area (Å²) in [6.07, 6.45) is -4.88. The van der Waals surface area contributed by atoms with Crippen LogP contribution in [0, 0.1) is 0 Å². The number of rotatable bonds is 3. The number of carbonyl (C=O) groups excluding carboxylic acids is 2. The minimum atomic E-state index is -2.44. The molecule has 0 bridgehead atoms. The van der Waals surface area contributed by atoms with Crippen molar-refractivity contribution in [3.8, 4) is 0 Å². The summed E-state index contributed by atoms with van der Waals surface area (Å²) in [5, 5.41) is 35.7. The Balaban J connectivity index is -0.000000405. The first-order valence-electron chi connectivity index (χ1n) is 2.24. The molecule has 78 valence electrons. The maximum Gasteiger partial charge on any atom is 1.00 e. The van der Waals surface area contributed by atoms with Crippen LogP contribution in [0.2, 0.25) is 0 Å². The van der Waals surface area contributed by atoms with Gasteiger partial charge in [0.2, 0.25) is 0 Å². The Bertz CT molecular complexity index is 142. The van der Waals surface area contributed by atoms with Crippen LogP contribution in [0.5, 0.6) is 0 Å². The molecule has 12 heavy (non-hydrogen) atoms. The van der Waals surface area contributed by atoms with E-state index in [1.165, 1.54) is 0 Å². The normalized spacial score (nSPS) is 13.2. The van der Waals surface area contributed by atoms with Gasteiger partial charge in [-0.3, -0.25) is 0 Å². The summed E-state index contributed by atoms with van der Waals surface area (Å²) in [6, 6.07) is 0. The number of aliphatic hydroxyl groups excluding tert-OH is 2. The fourth-order valence-corrected chi connectivity index (χ4v) is 0.258. The first-order chi connectivity index (χ1) is 4.46. The van der Waals surface area contributed by atoms with Crippen molar-refractivity contribution in [1.29, 1.82) is 0 Å². The molecule has 6 nitrogen and oxygen atoms in total. The first kappa shape index (κ1) is 18.2. The molecule has 0 unspecified atom stereocenters. The van der Waals surface area contributed by atoms with Crippen molar-refractivity contribution in [2.24, 2.45) is 0 Å². The molecule has 0 heterocycles. The van der Waals surface area contributed by atoms with E-state index in [4.69, 9.17) is 10.2 Å². The fourth-order valence-electron chi connectivity index (χ4n) is 0.258. The zero-order valence-electron chi connectivity index (χ0n) is 5.29. The molecule has 0 aliphatic carbocycles. The summed E-state index contributed by atoms with van der Waals surface area (Å²) < 4.78 is 0. The summed E-state index contributed by atoms with van der Waals surface area (Å²) in [5.74, 6) is -4.12. The van der Waals surface area contributed by atoms with Crippen molar-refractivity contribution < 1.29 is 74.8 Å². The van der Waals surface area contributed by atoms with E-state index in [2.05, 4.69) is 0 Å². The van der Waals surface area contributed by atoms with Gasteiger partial charge in [-0.05, 0) is 0 Å². The number of carboxylic acids is 2. The van der Waals surface area contributed by atoms with E-state index in [1.807, 2.05) is 0 Å². The van der Waals surface area contributed by atoms with Gasteiger partial charge in [0.15, 0.2) is 0 Å². The first-order valence-corrected chi connectivity index (χ1v) is 2.24. The molecular weight excluding hydrogens is 360 g/mol. The Morgan fingerprint density at radius 1 is 0.917 bits per heavy atom. The Morgan fingerprint density at radius 3 is 1.17 bits per heavy atom. The van der Waals surface area contributed by atoms with E-state index < -0.39 is 24.1 Å². The molecule has 0 rings (SSSR count). The molecule has 0 aliphatic rings. The third-order valence-electron chi connectivity index (χ3n) is 0.782. The minimum absolute atomic E-state index is 0. The Kier molecular flexibility index (Phi) is 12.1. The Morgan fingerprint density at radius 2 is 1.08 bits per heavy atom. The number of aliphatic hydroxyl groups is 2. The van der Waals surface area contributed by atoms with Crippen LogP contribution in [0.3, 0.4) is 0 Å². The van der Waals surface area contributed by atoms with Gasteiger partial charge in [-0.25, -0.2) is 0 Å².